The summed E-state index contributed by atoms with van der Waals surface area (Å²) in [4.78, 5) is 9.12. The minimum atomic E-state index is -0.172. The molecule has 33 heavy (non-hydrogen) atoms. The van der Waals surface area contributed by atoms with Gasteiger partial charge >= 0.3 is 0 Å². The summed E-state index contributed by atoms with van der Waals surface area (Å²) < 4.78 is 25.6. The minimum absolute atomic E-state index is 0. The molecule has 2 aromatic rings. The molecule has 9 heteroatoms. The maximum absolute atomic E-state index is 14.8. The number of halogens is 2. The molecule has 1 fully saturated rings. The van der Waals surface area contributed by atoms with E-state index >= 15 is 0 Å². The van der Waals surface area contributed by atoms with E-state index in [1.807, 2.05) is 31.2 Å². The fourth-order valence-electron chi connectivity index (χ4n) is 3.67. The van der Waals surface area contributed by atoms with Crippen molar-refractivity contribution in [1.29, 1.82) is 0 Å². The summed E-state index contributed by atoms with van der Waals surface area (Å²) in [5.41, 5.74) is 1.55. The number of hydrogen-bond acceptors (Lipinski definition) is 5. The third kappa shape index (κ3) is 9.13. The number of aliphatic imine (C=N–C) groups is 1. The van der Waals surface area contributed by atoms with Crippen molar-refractivity contribution in [3.05, 3.63) is 53.7 Å². The van der Waals surface area contributed by atoms with Gasteiger partial charge in [0.2, 0.25) is 0 Å². The van der Waals surface area contributed by atoms with Crippen LogP contribution in [0.25, 0.3) is 0 Å². The van der Waals surface area contributed by atoms with Crippen LogP contribution in [-0.2, 0) is 17.9 Å². The van der Waals surface area contributed by atoms with E-state index in [1.165, 1.54) is 0 Å². The Balaban J connectivity index is 0.00000385. The summed E-state index contributed by atoms with van der Waals surface area (Å²) >= 11 is 0. The lowest BCUT2D eigenvalue weighted by Crippen LogP contribution is -2.46. The van der Waals surface area contributed by atoms with Crippen LogP contribution >= 0.6 is 24.0 Å². The number of piperazine rings is 1. The van der Waals surface area contributed by atoms with E-state index in [2.05, 4.69) is 32.3 Å². The van der Waals surface area contributed by atoms with Crippen LogP contribution in [0.4, 0.5) is 10.1 Å². The Labute approximate surface area is 213 Å². The van der Waals surface area contributed by atoms with E-state index in [0.717, 1.165) is 69.5 Å². The van der Waals surface area contributed by atoms with Gasteiger partial charge in [0.1, 0.15) is 18.2 Å². The molecule has 0 unspecified atom stereocenters. The molecule has 1 aliphatic heterocycles. The summed E-state index contributed by atoms with van der Waals surface area (Å²) in [6.45, 7) is 12.0. The molecule has 0 bridgehead atoms. The maximum atomic E-state index is 14.8. The molecule has 2 N–H and O–H groups in total. The highest BCUT2D eigenvalue weighted by molar-refractivity contribution is 14.0. The molecule has 0 atom stereocenters. The molecule has 0 amide bonds. The average molecular weight is 573 g/mol. The quantitative estimate of drug-likeness (QED) is 0.185. The Morgan fingerprint density at radius 3 is 2.64 bits per heavy atom. The van der Waals surface area contributed by atoms with Crippen molar-refractivity contribution in [2.24, 2.45) is 4.99 Å². The van der Waals surface area contributed by atoms with Crippen LogP contribution in [0.5, 0.6) is 0 Å². The van der Waals surface area contributed by atoms with Crippen molar-refractivity contribution in [1.82, 2.24) is 15.5 Å². The second-order valence-electron chi connectivity index (χ2n) is 7.81. The van der Waals surface area contributed by atoms with Gasteiger partial charge in [0.25, 0.3) is 0 Å². The molecule has 0 saturated carbocycles. The van der Waals surface area contributed by atoms with Crippen molar-refractivity contribution < 1.29 is 13.5 Å². The van der Waals surface area contributed by atoms with Gasteiger partial charge in [-0.15, -0.1) is 24.0 Å². The first-order valence-electron chi connectivity index (χ1n) is 11.6. The summed E-state index contributed by atoms with van der Waals surface area (Å²) in [7, 11) is 0. The zero-order valence-electron chi connectivity index (χ0n) is 19.7. The van der Waals surface area contributed by atoms with Gasteiger partial charge in [0, 0.05) is 45.9 Å². The zero-order chi connectivity index (χ0) is 22.6. The molecular weight excluding hydrogens is 536 g/mol. The zero-order valence-corrected chi connectivity index (χ0v) is 22.0. The van der Waals surface area contributed by atoms with Gasteiger partial charge in [-0.2, -0.15) is 0 Å². The molecule has 2 heterocycles. The Kier molecular flexibility index (Phi) is 12.6. The first-order chi connectivity index (χ1) is 15.7. The number of ether oxygens (including phenoxy) is 1. The van der Waals surface area contributed by atoms with Gasteiger partial charge in [0.15, 0.2) is 5.96 Å². The molecule has 3 rings (SSSR count). The van der Waals surface area contributed by atoms with Crippen LogP contribution in [0.15, 0.2) is 46.0 Å². The van der Waals surface area contributed by atoms with Crippen LogP contribution in [0, 0.1) is 5.82 Å². The monoisotopic (exact) mass is 573 g/mol. The highest BCUT2D eigenvalue weighted by Gasteiger charge is 2.18. The molecule has 7 nitrogen and oxygen atoms in total. The van der Waals surface area contributed by atoms with Gasteiger partial charge in [-0.3, -0.25) is 0 Å². The van der Waals surface area contributed by atoms with E-state index in [-0.39, 0.29) is 29.8 Å². The lowest BCUT2D eigenvalue weighted by molar-refractivity contribution is 0.105. The van der Waals surface area contributed by atoms with Gasteiger partial charge in [-0.1, -0.05) is 13.0 Å². The summed E-state index contributed by atoms with van der Waals surface area (Å²) in [6.07, 6.45) is 2.49. The van der Waals surface area contributed by atoms with E-state index in [1.54, 1.807) is 12.3 Å². The van der Waals surface area contributed by atoms with Crippen molar-refractivity contribution in [3.63, 3.8) is 0 Å². The second-order valence-corrected chi connectivity index (χ2v) is 7.81. The van der Waals surface area contributed by atoms with E-state index < -0.39 is 0 Å². The molecule has 1 saturated heterocycles. The minimum Gasteiger partial charge on any atom is -0.467 e. The van der Waals surface area contributed by atoms with Crippen LogP contribution in [0.3, 0.4) is 0 Å². The molecule has 184 valence electrons. The number of furan rings is 1. The Morgan fingerprint density at radius 1 is 1.15 bits per heavy atom. The topological polar surface area (TPSA) is 65.3 Å². The predicted octanol–water partition coefficient (Wildman–Crippen LogP) is 3.84. The number of nitrogens with zero attached hydrogens (tertiary/aromatic N) is 3. The number of guanidine groups is 1. The Bertz CT molecular complexity index is 826. The normalized spacial score (nSPS) is 14.8. The lowest BCUT2D eigenvalue weighted by Gasteiger charge is -2.35. The summed E-state index contributed by atoms with van der Waals surface area (Å²) in [5, 5.41) is 6.53. The number of hydrogen-bond donors (Lipinski definition) is 2. The van der Waals surface area contributed by atoms with Crippen molar-refractivity contribution in [2.75, 3.05) is 57.3 Å². The third-order valence-electron chi connectivity index (χ3n) is 5.52. The fraction of sp³-hybridized carbons (Fsp3) is 0.542. The summed E-state index contributed by atoms with van der Waals surface area (Å²) in [5.74, 6) is 1.38. The molecule has 1 aromatic carbocycles. The van der Waals surface area contributed by atoms with Gasteiger partial charge in [-0.05, 0) is 49.7 Å². The van der Waals surface area contributed by atoms with Crippen LogP contribution in [0.2, 0.25) is 0 Å². The van der Waals surface area contributed by atoms with E-state index in [0.29, 0.717) is 25.4 Å². The molecule has 1 aliphatic rings. The number of benzene rings is 1. The summed E-state index contributed by atoms with van der Waals surface area (Å²) in [6, 6.07) is 9.22. The van der Waals surface area contributed by atoms with Gasteiger partial charge in [0.05, 0.1) is 18.5 Å². The number of anilines is 1. The maximum Gasteiger partial charge on any atom is 0.191 e. The van der Waals surface area contributed by atoms with Crippen LogP contribution in [-0.4, -0.2) is 63.3 Å². The van der Waals surface area contributed by atoms with Crippen LogP contribution in [0.1, 0.15) is 31.6 Å². The Morgan fingerprint density at radius 2 is 1.97 bits per heavy atom. The van der Waals surface area contributed by atoms with E-state index in [4.69, 9.17) is 9.15 Å². The SMILES string of the molecule is CCNC(=NCc1ccc(N2CCN(CC)CC2)c(F)c1)NCCCOCc1ccco1.I. The number of likely N-dealkylation sites (N-methyl/N-ethyl adjacent to an activating group) is 1. The fourth-order valence-corrected chi connectivity index (χ4v) is 3.67. The molecule has 0 radical (unpaired) electrons. The van der Waals surface area contributed by atoms with Crippen molar-refractivity contribution in [2.45, 2.75) is 33.4 Å². The highest BCUT2D eigenvalue weighted by Crippen LogP contribution is 2.22. The average Bonchev–Trinajstić information content (AvgIpc) is 3.33. The number of rotatable bonds is 11. The van der Waals surface area contributed by atoms with Crippen molar-refractivity contribution >= 4 is 35.6 Å². The molecular formula is C24H37FIN5O2. The van der Waals surface area contributed by atoms with Crippen LogP contribution < -0.4 is 15.5 Å². The lowest BCUT2D eigenvalue weighted by atomic mass is 10.1. The highest BCUT2D eigenvalue weighted by atomic mass is 127. The van der Waals surface area contributed by atoms with Crippen molar-refractivity contribution in [3.8, 4) is 0 Å². The smallest absolute Gasteiger partial charge is 0.191 e. The van der Waals surface area contributed by atoms with E-state index in [9.17, 15) is 4.39 Å². The number of nitrogens with one attached hydrogen (secondary N) is 2. The van der Waals surface area contributed by atoms with Gasteiger partial charge in [-0.25, -0.2) is 9.38 Å². The molecule has 0 spiro atoms. The molecule has 0 aliphatic carbocycles. The standard InChI is InChI=1S/C24H36FN5O2.HI/c1-3-26-24(27-10-6-15-31-19-21-7-5-16-32-21)28-18-20-8-9-23(22(25)17-20)30-13-11-29(4-2)12-14-30;/h5,7-9,16-17H,3-4,6,10-15,18-19H2,1-2H3,(H2,26,27,28);1H. The molecule has 1 aromatic heterocycles. The first kappa shape index (κ1) is 27.4. The Hall–Kier alpha value is -1.85. The van der Waals surface area contributed by atoms with Gasteiger partial charge < -0.3 is 29.6 Å². The first-order valence-corrected chi connectivity index (χ1v) is 11.6. The second kappa shape index (κ2) is 15.1. The third-order valence-corrected chi connectivity index (χ3v) is 5.52. The largest absolute Gasteiger partial charge is 0.467 e. The predicted molar refractivity (Wildman–Crippen MR) is 142 cm³/mol.